The van der Waals surface area contributed by atoms with Gasteiger partial charge in [0.1, 0.15) is 0 Å². The molecule has 0 aliphatic carbocycles. The third-order valence-electron chi connectivity index (χ3n) is 3.42. The molecule has 1 aliphatic rings. The molecule has 0 aromatic heterocycles. The third-order valence-corrected chi connectivity index (χ3v) is 3.42. The number of hydrogen-bond acceptors (Lipinski definition) is 3. The Hall–Kier alpha value is -1.31. The second-order valence-corrected chi connectivity index (χ2v) is 5.00. The Kier molecular flexibility index (Phi) is 6.65. The number of carbonyl (C=O) groups is 1. The van der Waals surface area contributed by atoms with E-state index in [1.807, 2.05) is 0 Å². The van der Waals surface area contributed by atoms with Gasteiger partial charge in [0.25, 0.3) is 0 Å². The minimum absolute atomic E-state index is 0. The number of hydrogen-bond donors (Lipinski definition) is 2. The molecule has 1 saturated heterocycles. The van der Waals surface area contributed by atoms with Gasteiger partial charge in [0.05, 0.1) is 5.56 Å². The van der Waals surface area contributed by atoms with Crippen LogP contribution in [0.25, 0.3) is 0 Å². The lowest BCUT2D eigenvalue weighted by Crippen LogP contribution is -2.28. The number of rotatable bonds is 3. The fourth-order valence-corrected chi connectivity index (χ4v) is 2.25. The smallest absolute Gasteiger partial charge is 0.381 e. The van der Waals surface area contributed by atoms with Gasteiger partial charge in [0.2, 0.25) is 5.91 Å². The molecule has 0 spiro atoms. The first-order valence-electron chi connectivity index (χ1n) is 6.70. The maximum absolute atomic E-state index is 12.8. The highest BCUT2D eigenvalue weighted by atomic mass is 35.5. The Morgan fingerprint density at radius 2 is 1.91 bits per heavy atom. The van der Waals surface area contributed by atoms with Crippen LogP contribution in [0, 0.1) is 5.92 Å². The van der Waals surface area contributed by atoms with Crippen LogP contribution in [-0.4, -0.2) is 19.1 Å². The van der Waals surface area contributed by atoms with Crippen molar-refractivity contribution in [2.45, 2.75) is 25.6 Å². The number of nitrogens with one attached hydrogen (secondary N) is 1. The molecule has 1 amide bonds. The molecule has 4 nitrogen and oxygen atoms in total. The summed E-state index contributed by atoms with van der Waals surface area (Å²) >= 11 is 0. The zero-order valence-corrected chi connectivity index (χ0v) is 12.6. The fourth-order valence-electron chi connectivity index (χ4n) is 2.25. The Balaban J connectivity index is 0.00000242. The molecule has 3 N–H and O–H groups in total. The van der Waals surface area contributed by atoms with Crippen LogP contribution in [-0.2, 0) is 22.3 Å². The van der Waals surface area contributed by atoms with Gasteiger partial charge in [-0.25, -0.2) is 0 Å². The molecule has 22 heavy (non-hydrogen) atoms. The Labute approximate surface area is 132 Å². The van der Waals surface area contributed by atoms with Gasteiger partial charge in [0, 0.05) is 31.4 Å². The number of anilines is 1. The van der Waals surface area contributed by atoms with Crippen molar-refractivity contribution in [3.05, 3.63) is 29.3 Å². The molecule has 1 aliphatic heterocycles. The standard InChI is InChI=1S/C14H17F3N2O2.ClH/c15-14(16,17)11-5-9(8-18)6-12(7-11)19-13(20)10-1-3-21-4-2-10;/h5-7,10H,1-4,8,18H2,(H,19,20);1H. The maximum atomic E-state index is 12.8. The molecule has 124 valence electrons. The third kappa shape index (κ3) is 4.86. The van der Waals surface area contributed by atoms with Crippen LogP contribution in [0.5, 0.6) is 0 Å². The predicted molar refractivity (Wildman–Crippen MR) is 78.8 cm³/mol. The lowest BCUT2D eigenvalue weighted by molar-refractivity contribution is -0.137. The van der Waals surface area contributed by atoms with E-state index in [-0.39, 0.29) is 36.5 Å². The highest BCUT2D eigenvalue weighted by molar-refractivity contribution is 5.92. The summed E-state index contributed by atoms with van der Waals surface area (Å²) in [6.45, 7) is 0.966. The number of ether oxygens (including phenoxy) is 1. The summed E-state index contributed by atoms with van der Waals surface area (Å²) in [4.78, 5) is 12.0. The van der Waals surface area contributed by atoms with E-state index in [0.717, 1.165) is 12.1 Å². The van der Waals surface area contributed by atoms with Crippen molar-refractivity contribution in [1.29, 1.82) is 0 Å². The molecule has 1 aromatic carbocycles. The Morgan fingerprint density at radius 3 is 2.45 bits per heavy atom. The van der Waals surface area contributed by atoms with E-state index < -0.39 is 11.7 Å². The van der Waals surface area contributed by atoms with Crippen molar-refractivity contribution in [2.24, 2.45) is 11.7 Å². The maximum Gasteiger partial charge on any atom is 0.416 e. The van der Waals surface area contributed by atoms with Gasteiger partial charge in [0.15, 0.2) is 0 Å². The lowest BCUT2D eigenvalue weighted by Gasteiger charge is -2.21. The van der Waals surface area contributed by atoms with E-state index in [0.29, 0.717) is 31.6 Å². The van der Waals surface area contributed by atoms with Crippen molar-refractivity contribution < 1.29 is 22.7 Å². The first kappa shape index (κ1) is 18.7. The van der Waals surface area contributed by atoms with Crippen LogP contribution >= 0.6 is 12.4 Å². The average molecular weight is 339 g/mol. The quantitative estimate of drug-likeness (QED) is 0.890. The van der Waals surface area contributed by atoms with E-state index in [1.54, 1.807) is 0 Å². The number of benzene rings is 1. The van der Waals surface area contributed by atoms with E-state index in [4.69, 9.17) is 10.5 Å². The number of nitrogens with two attached hydrogens (primary N) is 1. The normalized spacial score (nSPS) is 16.0. The zero-order valence-electron chi connectivity index (χ0n) is 11.8. The van der Waals surface area contributed by atoms with E-state index >= 15 is 0 Å². The van der Waals surface area contributed by atoms with Crippen LogP contribution < -0.4 is 11.1 Å². The number of halogens is 4. The molecule has 1 heterocycles. The Morgan fingerprint density at radius 1 is 1.27 bits per heavy atom. The van der Waals surface area contributed by atoms with Crippen LogP contribution in [0.4, 0.5) is 18.9 Å². The molecular formula is C14H18ClF3N2O2. The fraction of sp³-hybridized carbons (Fsp3) is 0.500. The summed E-state index contributed by atoms with van der Waals surface area (Å²) in [5.41, 5.74) is 5.05. The van der Waals surface area contributed by atoms with Crippen molar-refractivity contribution in [1.82, 2.24) is 0 Å². The lowest BCUT2D eigenvalue weighted by atomic mass is 9.99. The van der Waals surface area contributed by atoms with Crippen molar-refractivity contribution >= 4 is 24.0 Å². The molecule has 0 radical (unpaired) electrons. The van der Waals surface area contributed by atoms with Gasteiger partial charge in [-0.3, -0.25) is 4.79 Å². The summed E-state index contributed by atoms with van der Waals surface area (Å²) in [6, 6.07) is 3.38. The highest BCUT2D eigenvalue weighted by Crippen LogP contribution is 2.32. The molecule has 0 saturated carbocycles. The van der Waals surface area contributed by atoms with Gasteiger partial charge in [-0.1, -0.05) is 0 Å². The molecule has 2 rings (SSSR count). The first-order valence-corrected chi connectivity index (χ1v) is 6.70. The average Bonchev–Trinajstić information content (AvgIpc) is 2.46. The predicted octanol–water partition coefficient (Wildman–Crippen LogP) is 2.95. The van der Waals surface area contributed by atoms with Crippen LogP contribution in [0.15, 0.2) is 18.2 Å². The van der Waals surface area contributed by atoms with Crippen LogP contribution in [0.2, 0.25) is 0 Å². The van der Waals surface area contributed by atoms with Crippen LogP contribution in [0.3, 0.4) is 0 Å². The van der Waals surface area contributed by atoms with Crippen LogP contribution in [0.1, 0.15) is 24.0 Å². The van der Waals surface area contributed by atoms with E-state index in [9.17, 15) is 18.0 Å². The molecule has 1 aromatic rings. The summed E-state index contributed by atoms with van der Waals surface area (Å²) in [6.07, 6.45) is -3.31. The van der Waals surface area contributed by atoms with Crippen molar-refractivity contribution in [2.75, 3.05) is 18.5 Å². The topological polar surface area (TPSA) is 64.3 Å². The molecule has 1 fully saturated rings. The largest absolute Gasteiger partial charge is 0.416 e. The second-order valence-electron chi connectivity index (χ2n) is 5.00. The number of carbonyl (C=O) groups excluding carboxylic acids is 1. The van der Waals surface area contributed by atoms with Crippen molar-refractivity contribution in [3.8, 4) is 0 Å². The summed E-state index contributed by atoms with van der Waals surface area (Å²) < 4.78 is 43.6. The van der Waals surface area contributed by atoms with E-state index in [1.165, 1.54) is 6.07 Å². The minimum atomic E-state index is -4.47. The second kappa shape index (κ2) is 7.80. The van der Waals surface area contributed by atoms with Gasteiger partial charge in [-0.05, 0) is 36.6 Å². The number of alkyl halides is 3. The molecular weight excluding hydrogens is 321 g/mol. The molecule has 0 bridgehead atoms. The van der Waals surface area contributed by atoms with Crippen molar-refractivity contribution in [3.63, 3.8) is 0 Å². The Bertz CT molecular complexity index is 517. The van der Waals surface area contributed by atoms with Gasteiger partial charge >= 0.3 is 6.18 Å². The molecule has 0 unspecified atom stereocenters. The molecule has 8 heteroatoms. The summed E-state index contributed by atoms with van der Waals surface area (Å²) in [7, 11) is 0. The van der Waals surface area contributed by atoms with Gasteiger partial charge in [-0.2, -0.15) is 13.2 Å². The van der Waals surface area contributed by atoms with Gasteiger partial charge in [-0.15, -0.1) is 12.4 Å². The highest BCUT2D eigenvalue weighted by Gasteiger charge is 2.31. The number of amides is 1. The van der Waals surface area contributed by atoms with Gasteiger partial charge < -0.3 is 15.8 Å². The van der Waals surface area contributed by atoms with E-state index in [2.05, 4.69) is 5.32 Å². The first-order chi connectivity index (χ1) is 9.90. The zero-order chi connectivity index (χ0) is 15.5. The monoisotopic (exact) mass is 338 g/mol. The SMILES string of the molecule is Cl.NCc1cc(NC(=O)C2CCOCC2)cc(C(F)(F)F)c1. The minimum Gasteiger partial charge on any atom is -0.381 e. The summed E-state index contributed by atoms with van der Waals surface area (Å²) in [5, 5.41) is 2.55. The summed E-state index contributed by atoms with van der Waals surface area (Å²) in [5.74, 6) is -0.504. The molecule has 0 atom stereocenters.